The first kappa shape index (κ1) is 35.5. The number of amides is 2. The highest BCUT2D eigenvalue weighted by Gasteiger charge is 2.35. The van der Waals surface area contributed by atoms with Crippen LogP contribution in [0.25, 0.3) is 0 Å². The van der Waals surface area contributed by atoms with Crippen molar-refractivity contribution in [2.75, 3.05) is 63.5 Å². The molecule has 0 aliphatic carbocycles. The van der Waals surface area contributed by atoms with Gasteiger partial charge in [-0.2, -0.15) is 0 Å². The van der Waals surface area contributed by atoms with E-state index in [4.69, 9.17) is 0 Å². The van der Waals surface area contributed by atoms with Crippen molar-refractivity contribution >= 4 is 26.3 Å². The molecule has 1 rings (SSSR count). The number of halogens is 2. The Morgan fingerprint density at radius 3 is 1.18 bits per heavy atom. The zero-order valence-electron chi connectivity index (χ0n) is 18.9. The predicted octanol–water partition coefficient (Wildman–Crippen LogP) is -6.33. The minimum Gasteiger partial charge on any atom is -1.00 e. The molecule has 0 aliphatic rings. The molecule has 34 heavy (non-hydrogen) atoms. The number of aliphatic hydroxyl groups is 6. The van der Waals surface area contributed by atoms with Crippen molar-refractivity contribution in [1.82, 2.24) is 10.6 Å². The second kappa shape index (κ2) is 18.6. The summed E-state index contributed by atoms with van der Waals surface area (Å²) in [6.45, 7) is 0.539. The molecule has 14 heteroatoms. The van der Waals surface area contributed by atoms with Gasteiger partial charge in [0.1, 0.15) is 0 Å². The van der Waals surface area contributed by atoms with Crippen molar-refractivity contribution in [2.24, 2.45) is 0 Å². The number of hydrogen-bond acceptors (Lipinski definition) is 8. The van der Waals surface area contributed by atoms with Crippen molar-refractivity contribution in [3.05, 3.63) is 35.4 Å². The van der Waals surface area contributed by atoms with Crippen LogP contribution in [0.3, 0.4) is 0 Å². The second-order valence-electron chi connectivity index (χ2n) is 7.74. The Morgan fingerprint density at radius 2 is 0.912 bits per heavy atom. The van der Waals surface area contributed by atoms with Gasteiger partial charge in [0.05, 0.1) is 38.0 Å². The largest absolute Gasteiger partial charge is 1.00 e. The molecule has 0 atom stereocenters. The average molecular weight is 565 g/mol. The minimum absolute atomic E-state index is 0. The first-order valence-electron chi connectivity index (χ1n) is 10.4. The van der Waals surface area contributed by atoms with Gasteiger partial charge in [0.15, 0.2) is 38.1 Å². The molecule has 0 saturated heterocycles. The number of nitrogens with one attached hydrogen (secondary N) is 2. The fourth-order valence-corrected chi connectivity index (χ4v) is 6.04. The van der Waals surface area contributed by atoms with Gasteiger partial charge in [-0.3, -0.25) is 9.59 Å². The molecule has 1 aromatic carbocycles. The lowest BCUT2D eigenvalue weighted by molar-refractivity contribution is -0.00100. The van der Waals surface area contributed by atoms with Crippen LogP contribution in [0.1, 0.15) is 33.6 Å². The van der Waals surface area contributed by atoms with Gasteiger partial charge in [0.25, 0.3) is 11.8 Å². The number of benzene rings is 1. The standard InChI is InChI=1S/C20H34N2O8P2.2ClH/c23-11-31(12-24,13-25)9-3-7-21-19(29)17-5-1-2-6-18(17)20(30)22-8-4-10-32(14-26,15-27)16-28;;/h1-2,5-6,23-28H,3-4,7-16H2;2*1H. The van der Waals surface area contributed by atoms with Crippen LogP contribution in [0, 0.1) is 0 Å². The number of hydrogen-bond donors (Lipinski definition) is 8. The van der Waals surface area contributed by atoms with E-state index in [-0.39, 0.29) is 87.1 Å². The number of carbonyl (C=O) groups is 2. The van der Waals surface area contributed by atoms with E-state index in [1.165, 1.54) is 12.1 Å². The van der Waals surface area contributed by atoms with Crippen molar-refractivity contribution < 1.29 is 65.0 Å². The van der Waals surface area contributed by atoms with E-state index in [1.54, 1.807) is 12.1 Å². The van der Waals surface area contributed by atoms with Crippen LogP contribution in [-0.4, -0.2) is 106 Å². The van der Waals surface area contributed by atoms with Gasteiger partial charge in [-0.25, -0.2) is 0 Å². The van der Waals surface area contributed by atoms with Crippen molar-refractivity contribution in [3.63, 3.8) is 0 Å². The fraction of sp³-hybridized carbons (Fsp3) is 0.600. The molecule has 0 spiro atoms. The van der Waals surface area contributed by atoms with Crippen LogP contribution in [0.15, 0.2) is 24.3 Å². The molecule has 1 aromatic rings. The summed E-state index contributed by atoms with van der Waals surface area (Å²) in [5.41, 5.74) is 0.418. The SMILES string of the molecule is O=C(NCCC[P+](CO)(CO)CO)c1ccccc1C(=O)NCCC[P+](CO)(CO)CO.[Cl-].[Cl-]. The Labute approximate surface area is 213 Å². The highest BCUT2D eigenvalue weighted by Crippen LogP contribution is 2.56. The maximum Gasteiger partial charge on any atom is 0.252 e. The molecule has 0 bridgehead atoms. The van der Waals surface area contributed by atoms with Crippen LogP contribution < -0.4 is 35.4 Å². The Hall–Kier alpha value is -0.640. The van der Waals surface area contributed by atoms with E-state index in [2.05, 4.69) is 10.6 Å². The van der Waals surface area contributed by atoms with Crippen LogP contribution in [0.4, 0.5) is 0 Å². The molecular formula is C20H36Cl2N2O8P2. The lowest BCUT2D eigenvalue weighted by atomic mass is 10.1. The van der Waals surface area contributed by atoms with E-state index in [9.17, 15) is 40.2 Å². The average Bonchev–Trinajstić information content (AvgIpc) is 2.85. The third-order valence-corrected chi connectivity index (χ3v) is 11.5. The molecule has 0 radical (unpaired) electrons. The molecule has 10 nitrogen and oxygen atoms in total. The van der Waals surface area contributed by atoms with Gasteiger partial charge in [0.2, 0.25) is 0 Å². The first-order valence-corrected chi connectivity index (χ1v) is 15.4. The Bertz CT molecular complexity index is 650. The molecule has 2 amide bonds. The molecule has 8 N–H and O–H groups in total. The lowest BCUT2D eigenvalue weighted by Gasteiger charge is -2.20. The van der Waals surface area contributed by atoms with E-state index in [0.717, 1.165) is 0 Å². The van der Waals surface area contributed by atoms with Crippen molar-refractivity contribution in [3.8, 4) is 0 Å². The summed E-state index contributed by atoms with van der Waals surface area (Å²) < 4.78 is 0. The Morgan fingerprint density at radius 1 is 0.618 bits per heavy atom. The van der Waals surface area contributed by atoms with Crippen molar-refractivity contribution in [1.29, 1.82) is 0 Å². The highest BCUT2D eigenvalue weighted by molar-refractivity contribution is 7.75. The predicted molar refractivity (Wildman–Crippen MR) is 126 cm³/mol. The molecule has 0 aliphatic heterocycles. The zero-order chi connectivity index (χ0) is 24.0. The molecule has 0 aromatic heterocycles. The summed E-state index contributed by atoms with van der Waals surface area (Å²) in [5, 5.41) is 61.8. The van der Waals surface area contributed by atoms with Gasteiger partial charge in [-0.1, -0.05) is 12.1 Å². The van der Waals surface area contributed by atoms with E-state index < -0.39 is 26.3 Å². The number of rotatable bonds is 16. The number of aliphatic hydroxyl groups excluding tert-OH is 6. The zero-order valence-corrected chi connectivity index (χ0v) is 22.2. The summed E-state index contributed by atoms with van der Waals surface area (Å²) in [6.07, 6.45) is 0.275. The third kappa shape index (κ3) is 10.5. The topological polar surface area (TPSA) is 180 Å². The molecule has 0 unspecified atom stereocenters. The molecule has 0 fully saturated rings. The molecule has 0 saturated carbocycles. The summed E-state index contributed by atoms with van der Waals surface area (Å²) in [5.74, 6) is -0.857. The molecular weight excluding hydrogens is 529 g/mol. The highest BCUT2D eigenvalue weighted by atomic mass is 35.5. The fourth-order valence-electron chi connectivity index (χ4n) is 2.99. The normalized spacial score (nSPS) is 11.2. The first-order chi connectivity index (χ1) is 15.4. The summed E-state index contributed by atoms with van der Waals surface area (Å²) in [6, 6.07) is 6.37. The minimum atomic E-state index is -2.22. The molecule has 198 valence electrons. The van der Waals surface area contributed by atoms with Gasteiger partial charge >= 0.3 is 0 Å². The quantitative estimate of drug-likeness (QED) is 0.0721. The lowest BCUT2D eigenvalue weighted by Crippen LogP contribution is -3.00. The summed E-state index contributed by atoms with van der Waals surface area (Å²) in [4.78, 5) is 25.1. The Balaban J connectivity index is 0. The summed E-state index contributed by atoms with van der Waals surface area (Å²) >= 11 is 0. The van der Waals surface area contributed by atoms with E-state index >= 15 is 0 Å². The van der Waals surface area contributed by atoms with E-state index in [0.29, 0.717) is 25.2 Å². The van der Waals surface area contributed by atoms with Crippen LogP contribution in [0.2, 0.25) is 0 Å². The van der Waals surface area contributed by atoms with Gasteiger partial charge in [-0.15, -0.1) is 0 Å². The number of carbonyl (C=O) groups excluding carboxylic acids is 2. The maximum atomic E-state index is 12.6. The summed E-state index contributed by atoms with van der Waals surface area (Å²) in [7, 11) is -4.45. The van der Waals surface area contributed by atoms with Crippen LogP contribution in [-0.2, 0) is 0 Å². The Kier molecular flexibility index (Phi) is 19.4. The van der Waals surface area contributed by atoms with Crippen LogP contribution >= 0.6 is 14.5 Å². The monoisotopic (exact) mass is 564 g/mol. The van der Waals surface area contributed by atoms with Gasteiger partial charge < -0.3 is 66.1 Å². The van der Waals surface area contributed by atoms with Gasteiger partial charge in [-0.05, 0) is 25.0 Å². The maximum absolute atomic E-state index is 12.6. The van der Waals surface area contributed by atoms with E-state index in [1.807, 2.05) is 0 Å². The molecule has 0 heterocycles. The second-order valence-corrected chi connectivity index (χ2v) is 15.7. The van der Waals surface area contributed by atoms with Crippen molar-refractivity contribution in [2.45, 2.75) is 12.8 Å². The van der Waals surface area contributed by atoms with Crippen LogP contribution in [0.5, 0.6) is 0 Å². The van der Waals surface area contributed by atoms with Gasteiger partial charge in [0, 0.05) is 13.1 Å². The smallest absolute Gasteiger partial charge is 0.252 e. The third-order valence-electron chi connectivity index (χ3n) is 5.41.